The summed E-state index contributed by atoms with van der Waals surface area (Å²) in [7, 11) is 2.04. The van der Waals surface area contributed by atoms with Crippen LogP contribution in [0.25, 0.3) is 0 Å². The van der Waals surface area contributed by atoms with E-state index in [-0.39, 0.29) is 0 Å². The molecule has 0 saturated carbocycles. The number of benzene rings is 2. The van der Waals surface area contributed by atoms with Crippen molar-refractivity contribution in [2.75, 3.05) is 7.05 Å². The highest BCUT2D eigenvalue weighted by Crippen LogP contribution is 2.23. The van der Waals surface area contributed by atoms with Crippen LogP contribution in [0.15, 0.2) is 42.5 Å². The van der Waals surface area contributed by atoms with E-state index in [1.807, 2.05) is 7.05 Å². The molecule has 0 radical (unpaired) electrons. The Balaban J connectivity index is 2.24. The number of hydrogen-bond acceptors (Lipinski definition) is 1. The van der Waals surface area contributed by atoms with Crippen molar-refractivity contribution >= 4 is 0 Å². The van der Waals surface area contributed by atoms with E-state index in [0.29, 0.717) is 6.04 Å². The molecular weight excluding hydrogens is 230 g/mol. The van der Waals surface area contributed by atoms with Gasteiger partial charge in [0.15, 0.2) is 0 Å². The van der Waals surface area contributed by atoms with Gasteiger partial charge in [-0.2, -0.15) is 0 Å². The first kappa shape index (κ1) is 13.8. The summed E-state index contributed by atoms with van der Waals surface area (Å²) in [5.41, 5.74) is 6.78. The molecule has 2 aromatic carbocycles. The lowest BCUT2D eigenvalue weighted by Crippen LogP contribution is -2.20. The molecule has 0 fully saturated rings. The molecule has 2 aromatic rings. The molecule has 2 rings (SSSR count). The zero-order valence-electron chi connectivity index (χ0n) is 12.3. The summed E-state index contributed by atoms with van der Waals surface area (Å²) in [6, 6.07) is 15.9. The summed E-state index contributed by atoms with van der Waals surface area (Å²) in [5, 5.41) is 3.45. The Hall–Kier alpha value is -1.60. The summed E-state index contributed by atoms with van der Waals surface area (Å²) in [4.78, 5) is 0. The van der Waals surface area contributed by atoms with Crippen LogP contribution in [0.3, 0.4) is 0 Å². The Morgan fingerprint density at radius 1 is 0.895 bits per heavy atom. The van der Waals surface area contributed by atoms with E-state index in [2.05, 4.69) is 68.6 Å². The van der Waals surface area contributed by atoms with Gasteiger partial charge < -0.3 is 5.32 Å². The van der Waals surface area contributed by atoms with Gasteiger partial charge in [-0.05, 0) is 50.9 Å². The Bertz CT molecular complexity index is 540. The van der Waals surface area contributed by atoms with Crippen molar-refractivity contribution in [1.82, 2.24) is 5.32 Å². The maximum absolute atomic E-state index is 3.45. The maximum atomic E-state index is 3.45. The summed E-state index contributed by atoms with van der Waals surface area (Å²) in [5.74, 6) is 0. The third-order valence-corrected chi connectivity index (χ3v) is 3.72. The zero-order chi connectivity index (χ0) is 13.8. The van der Waals surface area contributed by atoms with Crippen molar-refractivity contribution in [2.45, 2.75) is 33.2 Å². The highest BCUT2D eigenvalue weighted by atomic mass is 14.9. The average molecular weight is 253 g/mol. The van der Waals surface area contributed by atoms with Crippen LogP contribution in [0.4, 0.5) is 0 Å². The van der Waals surface area contributed by atoms with Crippen molar-refractivity contribution in [2.24, 2.45) is 0 Å². The van der Waals surface area contributed by atoms with Gasteiger partial charge in [0.1, 0.15) is 0 Å². The van der Waals surface area contributed by atoms with E-state index in [0.717, 1.165) is 6.42 Å². The highest BCUT2D eigenvalue weighted by Gasteiger charge is 2.12. The molecule has 100 valence electrons. The van der Waals surface area contributed by atoms with Crippen LogP contribution < -0.4 is 5.32 Å². The van der Waals surface area contributed by atoms with Gasteiger partial charge in [0.05, 0.1) is 0 Å². The second-order valence-corrected chi connectivity index (χ2v) is 5.39. The first-order valence-electron chi connectivity index (χ1n) is 6.90. The minimum atomic E-state index is 0.377. The van der Waals surface area contributed by atoms with Gasteiger partial charge in [-0.15, -0.1) is 0 Å². The van der Waals surface area contributed by atoms with Crippen LogP contribution in [0.2, 0.25) is 0 Å². The molecule has 1 N–H and O–H groups in total. The summed E-state index contributed by atoms with van der Waals surface area (Å²) in [6.45, 7) is 6.47. The molecule has 0 spiro atoms. The van der Waals surface area contributed by atoms with Crippen molar-refractivity contribution in [3.8, 4) is 0 Å². The minimum absolute atomic E-state index is 0.377. The molecule has 0 aliphatic heterocycles. The molecule has 1 nitrogen and oxygen atoms in total. The first-order chi connectivity index (χ1) is 9.10. The lowest BCUT2D eigenvalue weighted by Gasteiger charge is -2.20. The zero-order valence-corrected chi connectivity index (χ0v) is 12.3. The first-order valence-corrected chi connectivity index (χ1v) is 6.90. The SMILES string of the molecule is CNC(Cc1ccc(C)cc1)c1cc(C)ccc1C. The van der Waals surface area contributed by atoms with Gasteiger partial charge in [-0.25, -0.2) is 0 Å². The Morgan fingerprint density at radius 3 is 2.16 bits per heavy atom. The predicted octanol–water partition coefficient (Wildman–Crippen LogP) is 4.12. The molecule has 0 aliphatic rings. The summed E-state index contributed by atoms with van der Waals surface area (Å²) < 4.78 is 0. The van der Waals surface area contributed by atoms with Gasteiger partial charge in [0, 0.05) is 6.04 Å². The normalized spacial score (nSPS) is 12.4. The second kappa shape index (κ2) is 6.03. The van der Waals surface area contributed by atoms with E-state index in [1.165, 1.54) is 27.8 Å². The van der Waals surface area contributed by atoms with Crippen LogP contribution >= 0.6 is 0 Å². The van der Waals surface area contributed by atoms with E-state index in [9.17, 15) is 0 Å². The van der Waals surface area contributed by atoms with E-state index >= 15 is 0 Å². The number of nitrogens with one attached hydrogen (secondary N) is 1. The fourth-order valence-electron chi connectivity index (χ4n) is 2.46. The molecule has 0 aliphatic carbocycles. The lowest BCUT2D eigenvalue weighted by atomic mass is 9.94. The second-order valence-electron chi connectivity index (χ2n) is 5.39. The molecule has 19 heavy (non-hydrogen) atoms. The largest absolute Gasteiger partial charge is 0.313 e. The van der Waals surface area contributed by atoms with Crippen LogP contribution in [0.1, 0.15) is 33.9 Å². The van der Waals surface area contributed by atoms with Gasteiger partial charge in [-0.3, -0.25) is 0 Å². The molecule has 0 heterocycles. The maximum Gasteiger partial charge on any atom is 0.0361 e. The molecule has 0 aromatic heterocycles. The van der Waals surface area contributed by atoms with Crippen LogP contribution in [-0.2, 0) is 6.42 Å². The molecular formula is C18H23N. The molecule has 1 heteroatoms. The van der Waals surface area contributed by atoms with Gasteiger partial charge in [0.25, 0.3) is 0 Å². The van der Waals surface area contributed by atoms with Gasteiger partial charge in [-0.1, -0.05) is 53.6 Å². The average Bonchev–Trinajstić information content (AvgIpc) is 2.41. The number of hydrogen-bond donors (Lipinski definition) is 1. The smallest absolute Gasteiger partial charge is 0.0361 e. The summed E-state index contributed by atoms with van der Waals surface area (Å²) >= 11 is 0. The lowest BCUT2D eigenvalue weighted by molar-refractivity contribution is 0.588. The summed E-state index contributed by atoms with van der Waals surface area (Å²) in [6.07, 6.45) is 1.03. The monoisotopic (exact) mass is 253 g/mol. The molecule has 0 saturated heterocycles. The highest BCUT2D eigenvalue weighted by molar-refractivity contribution is 5.34. The van der Waals surface area contributed by atoms with E-state index < -0.39 is 0 Å². The van der Waals surface area contributed by atoms with Crippen LogP contribution in [-0.4, -0.2) is 7.05 Å². The Morgan fingerprint density at radius 2 is 1.53 bits per heavy atom. The van der Waals surface area contributed by atoms with Crippen molar-refractivity contribution in [3.63, 3.8) is 0 Å². The molecule has 1 atom stereocenters. The number of aryl methyl sites for hydroxylation is 3. The van der Waals surface area contributed by atoms with Crippen molar-refractivity contribution in [3.05, 3.63) is 70.3 Å². The topological polar surface area (TPSA) is 12.0 Å². The van der Waals surface area contributed by atoms with E-state index in [4.69, 9.17) is 0 Å². The van der Waals surface area contributed by atoms with Crippen LogP contribution in [0.5, 0.6) is 0 Å². The Labute approximate surface area is 116 Å². The van der Waals surface area contributed by atoms with Gasteiger partial charge >= 0.3 is 0 Å². The third-order valence-electron chi connectivity index (χ3n) is 3.72. The standard InChI is InChI=1S/C18H23N/c1-13-6-9-16(10-7-13)12-18(19-4)17-11-14(2)5-8-15(17)3/h5-11,18-19H,12H2,1-4H3. The molecule has 0 bridgehead atoms. The van der Waals surface area contributed by atoms with Crippen molar-refractivity contribution < 1.29 is 0 Å². The quantitative estimate of drug-likeness (QED) is 0.864. The minimum Gasteiger partial charge on any atom is -0.313 e. The molecule has 0 amide bonds. The molecule has 1 unspecified atom stereocenters. The van der Waals surface area contributed by atoms with Crippen LogP contribution in [0, 0.1) is 20.8 Å². The predicted molar refractivity (Wildman–Crippen MR) is 82.6 cm³/mol. The van der Waals surface area contributed by atoms with Gasteiger partial charge in [0.2, 0.25) is 0 Å². The fourth-order valence-corrected chi connectivity index (χ4v) is 2.46. The fraction of sp³-hybridized carbons (Fsp3) is 0.333. The van der Waals surface area contributed by atoms with E-state index in [1.54, 1.807) is 0 Å². The Kier molecular flexibility index (Phi) is 4.39. The third kappa shape index (κ3) is 3.45. The number of rotatable bonds is 4. The number of likely N-dealkylation sites (N-methyl/N-ethyl adjacent to an activating group) is 1. The van der Waals surface area contributed by atoms with Crippen molar-refractivity contribution in [1.29, 1.82) is 0 Å².